The van der Waals surface area contributed by atoms with Crippen molar-refractivity contribution in [3.8, 4) is 11.5 Å². The van der Waals surface area contributed by atoms with Crippen LogP contribution in [0.1, 0.15) is 19.4 Å². The van der Waals surface area contributed by atoms with Crippen LogP contribution < -0.4 is 15.0 Å². The van der Waals surface area contributed by atoms with Crippen LogP contribution in [0.2, 0.25) is 0 Å². The molecule has 0 radical (unpaired) electrons. The maximum atomic E-state index is 13.0. The van der Waals surface area contributed by atoms with Crippen molar-refractivity contribution in [2.75, 3.05) is 27.3 Å². The molecule has 0 aliphatic rings. The summed E-state index contributed by atoms with van der Waals surface area (Å²) < 4.78 is 11.9. The summed E-state index contributed by atoms with van der Waals surface area (Å²) >= 11 is 0. The number of pyridine rings is 1. The van der Waals surface area contributed by atoms with Gasteiger partial charge in [0, 0.05) is 25.4 Å². The highest BCUT2D eigenvalue weighted by Crippen LogP contribution is 2.28. The zero-order chi connectivity index (χ0) is 19.1. The molecule has 6 nitrogen and oxygen atoms in total. The van der Waals surface area contributed by atoms with Gasteiger partial charge in [-0.2, -0.15) is 0 Å². The van der Waals surface area contributed by atoms with Gasteiger partial charge in [-0.05, 0) is 43.7 Å². The molecule has 26 heavy (non-hydrogen) atoms. The minimum Gasteiger partial charge on any atom is -0.493 e. The number of aromatic nitrogens is 1. The largest absolute Gasteiger partial charge is 0.493 e. The van der Waals surface area contributed by atoms with Gasteiger partial charge in [-0.1, -0.05) is 12.1 Å². The van der Waals surface area contributed by atoms with Crippen molar-refractivity contribution >= 4 is 17.7 Å². The number of rotatable bonds is 7. The normalized spacial score (nSPS) is 11.2. The van der Waals surface area contributed by atoms with Gasteiger partial charge in [-0.25, -0.2) is 0 Å². The van der Waals surface area contributed by atoms with Gasteiger partial charge in [0.25, 0.3) is 11.5 Å². The number of benzene rings is 1. The molecule has 0 spiro atoms. The zero-order valence-electron chi connectivity index (χ0n) is 15.6. The highest BCUT2D eigenvalue weighted by Gasteiger charge is 2.18. The molecule has 0 bridgehead atoms. The Hall–Kier alpha value is -3.02. The third kappa shape index (κ3) is 4.14. The SMILES string of the molecule is CCN(CC)C(=O)/C(=C/c1ccc(OC)c(OC)c1)n1ccccc1=O. The van der Waals surface area contributed by atoms with Crippen LogP contribution in [0.4, 0.5) is 0 Å². The number of carbonyl (C=O) groups is 1. The minimum atomic E-state index is -0.264. The number of likely N-dealkylation sites (N-methyl/N-ethyl adjacent to an activating group) is 1. The van der Waals surface area contributed by atoms with E-state index in [1.54, 1.807) is 55.7 Å². The summed E-state index contributed by atoms with van der Waals surface area (Å²) in [5.74, 6) is 0.938. The standard InChI is InChI=1S/C20H24N2O4/c1-5-21(6-2)20(24)16(22-12-8-7-9-19(22)23)13-15-10-11-17(25-3)18(14-15)26-4/h7-14H,5-6H2,1-4H3/b16-13-. The van der Waals surface area contributed by atoms with Gasteiger partial charge in [0.05, 0.1) is 14.2 Å². The maximum Gasteiger partial charge on any atom is 0.270 e. The lowest BCUT2D eigenvalue weighted by molar-refractivity contribution is -0.125. The summed E-state index contributed by atoms with van der Waals surface area (Å²) in [5.41, 5.74) is 0.750. The van der Waals surface area contributed by atoms with Crippen LogP contribution in [0.25, 0.3) is 11.8 Å². The highest BCUT2D eigenvalue weighted by atomic mass is 16.5. The second kappa shape index (κ2) is 8.89. The Morgan fingerprint density at radius 1 is 1.08 bits per heavy atom. The first-order valence-electron chi connectivity index (χ1n) is 8.46. The molecule has 1 aromatic carbocycles. The lowest BCUT2D eigenvalue weighted by Gasteiger charge is -2.21. The van der Waals surface area contributed by atoms with Gasteiger partial charge in [-0.15, -0.1) is 0 Å². The summed E-state index contributed by atoms with van der Waals surface area (Å²) in [5, 5.41) is 0. The molecule has 6 heteroatoms. The molecule has 0 N–H and O–H groups in total. The van der Waals surface area contributed by atoms with Crippen LogP contribution in [0.3, 0.4) is 0 Å². The van der Waals surface area contributed by atoms with E-state index in [1.165, 1.54) is 10.6 Å². The Balaban J connectivity index is 2.60. The molecule has 1 heterocycles. The Morgan fingerprint density at radius 3 is 2.35 bits per heavy atom. The van der Waals surface area contributed by atoms with Crippen LogP contribution >= 0.6 is 0 Å². The van der Waals surface area contributed by atoms with Crippen LogP contribution in [0.15, 0.2) is 47.4 Å². The van der Waals surface area contributed by atoms with Crippen molar-refractivity contribution in [2.24, 2.45) is 0 Å². The molecule has 0 saturated carbocycles. The van der Waals surface area contributed by atoms with E-state index in [2.05, 4.69) is 0 Å². The van der Waals surface area contributed by atoms with Gasteiger partial charge in [0.15, 0.2) is 11.5 Å². The molecule has 1 aromatic heterocycles. The van der Waals surface area contributed by atoms with Gasteiger partial charge in [0.1, 0.15) is 5.70 Å². The van der Waals surface area contributed by atoms with Crippen LogP contribution in [-0.2, 0) is 4.79 Å². The summed E-state index contributed by atoms with van der Waals surface area (Å²) in [4.78, 5) is 26.9. The van der Waals surface area contributed by atoms with Crippen molar-refractivity contribution in [3.05, 3.63) is 58.5 Å². The van der Waals surface area contributed by atoms with Crippen molar-refractivity contribution in [1.29, 1.82) is 0 Å². The molecule has 0 aliphatic carbocycles. The quantitative estimate of drug-likeness (QED) is 0.716. The second-order valence-corrected chi connectivity index (χ2v) is 5.53. The van der Waals surface area contributed by atoms with Crippen molar-refractivity contribution < 1.29 is 14.3 Å². The number of hydrogen-bond donors (Lipinski definition) is 0. The number of methoxy groups -OCH3 is 2. The summed E-state index contributed by atoms with van der Waals surface area (Å²) in [6.45, 7) is 4.92. The minimum absolute atomic E-state index is 0.210. The Morgan fingerprint density at radius 2 is 1.77 bits per heavy atom. The monoisotopic (exact) mass is 356 g/mol. The smallest absolute Gasteiger partial charge is 0.270 e. The first-order chi connectivity index (χ1) is 12.5. The summed E-state index contributed by atoms with van der Waals surface area (Å²) in [6, 6.07) is 10.1. The van der Waals surface area contributed by atoms with Crippen molar-refractivity contribution in [2.45, 2.75) is 13.8 Å². The predicted octanol–water partition coefficient (Wildman–Crippen LogP) is 2.73. The number of carbonyl (C=O) groups excluding carboxylic acids is 1. The van der Waals surface area contributed by atoms with Crippen LogP contribution in [0.5, 0.6) is 11.5 Å². The van der Waals surface area contributed by atoms with E-state index >= 15 is 0 Å². The number of amides is 1. The van der Waals surface area contributed by atoms with E-state index in [9.17, 15) is 9.59 Å². The fourth-order valence-corrected chi connectivity index (χ4v) is 2.63. The van der Waals surface area contributed by atoms with Crippen LogP contribution in [0, 0.1) is 0 Å². The fraction of sp³-hybridized carbons (Fsp3) is 0.300. The molecule has 2 aromatic rings. The molecule has 0 unspecified atom stereocenters. The second-order valence-electron chi connectivity index (χ2n) is 5.53. The third-order valence-corrected chi connectivity index (χ3v) is 4.06. The van der Waals surface area contributed by atoms with Gasteiger partial charge in [-0.3, -0.25) is 14.2 Å². The first-order valence-corrected chi connectivity index (χ1v) is 8.46. The van der Waals surface area contributed by atoms with E-state index < -0.39 is 0 Å². The Labute approximate surface area is 153 Å². The molecular weight excluding hydrogens is 332 g/mol. The van der Waals surface area contributed by atoms with E-state index in [4.69, 9.17) is 9.47 Å². The highest BCUT2D eigenvalue weighted by molar-refractivity contribution is 6.18. The van der Waals surface area contributed by atoms with Gasteiger partial charge < -0.3 is 14.4 Å². The Bertz CT molecular complexity index is 851. The first kappa shape index (κ1) is 19.3. The molecule has 0 aliphatic heterocycles. The number of hydrogen-bond acceptors (Lipinski definition) is 4. The van der Waals surface area contributed by atoms with Crippen molar-refractivity contribution in [1.82, 2.24) is 9.47 Å². The van der Waals surface area contributed by atoms with Crippen LogP contribution in [-0.4, -0.2) is 42.7 Å². The maximum absolute atomic E-state index is 13.0. The number of ether oxygens (including phenoxy) is 2. The third-order valence-electron chi connectivity index (χ3n) is 4.06. The Kier molecular flexibility index (Phi) is 6.60. The molecule has 0 saturated heterocycles. The number of nitrogens with zero attached hydrogens (tertiary/aromatic N) is 2. The van der Waals surface area contributed by atoms with E-state index in [1.807, 2.05) is 19.9 Å². The fourth-order valence-electron chi connectivity index (χ4n) is 2.63. The van der Waals surface area contributed by atoms with E-state index in [-0.39, 0.29) is 17.2 Å². The van der Waals surface area contributed by atoms with Gasteiger partial charge >= 0.3 is 0 Å². The van der Waals surface area contributed by atoms with E-state index in [0.29, 0.717) is 24.6 Å². The average Bonchev–Trinajstić information content (AvgIpc) is 2.67. The molecule has 138 valence electrons. The molecule has 1 amide bonds. The molecule has 0 fully saturated rings. The predicted molar refractivity (Wildman–Crippen MR) is 102 cm³/mol. The lowest BCUT2D eigenvalue weighted by Crippen LogP contribution is -2.35. The summed E-state index contributed by atoms with van der Waals surface area (Å²) in [6.07, 6.45) is 3.28. The average molecular weight is 356 g/mol. The topological polar surface area (TPSA) is 60.8 Å². The lowest BCUT2D eigenvalue weighted by atomic mass is 10.1. The zero-order valence-corrected chi connectivity index (χ0v) is 15.6. The van der Waals surface area contributed by atoms with Gasteiger partial charge in [0.2, 0.25) is 0 Å². The van der Waals surface area contributed by atoms with Crippen molar-refractivity contribution in [3.63, 3.8) is 0 Å². The van der Waals surface area contributed by atoms with E-state index in [0.717, 1.165) is 5.56 Å². The molecule has 0 atom stereocenters. The molecule has 2 rings (SSSR count). The molecular formula is C20H24N2O4. The summed E-state index contributed by atoms with van der Waals surface area (Å²) in [7, 11) is 3.11.